The van der Waals surface area contributed by atoms with Crippen molar-refractivity contribution in [3.8, 4) is 22.7 Å². The molecule has 0 unspecified atom stereocenters. The van der Waals surface area contributed by atoms with Gasteiger partial charge in [0.15, 0.2) is 5.16 Å². The van der Waals surface area contributed by atoms with Gasteiger partial charge in [0.1, 0.15) is 5.75 Å². The normalized spacial score (nSPS) is 10.6. The molecule has 0 bridgehead atoms. The van der Waals surface area contributed by atoms with Crippen LogP contribution in [0.3, 0.4) is 0 Å². The predicted octanol–water partition coefficient (Wildman–Crippen LogP) is 5.55. The SMILES string of the molecule is COc1ccc(-n2c(-c3ccc(C)cc3)cnc2SCC(=O)Nc2ccc(NC(C)=O)cc2)cc1. The highest BCUT2D eigenvalue weighted by Crippen LogP contribution is 2.31. The number of amides is 2. The lowest BCUT2D eigenvalue weighted by Crippen LogP contribution is -2.14. The van der Waals surface area contributed by atoms with Gasteiger partial charge < -0.3 is 15.4 Å². The topological polar surface area (TPSA) is 85.2 Å². The molecular weight excluding hydrogens is 460 g/mol. The molecule has 2 amide bonds. The average molecular weight is 487 g/mol. The number of aryl methyl sites for hydroxylation is 1. The van der Waals surface area contributed by atoms with Crippen molar-refractivity contribution in [2.45, 2.75) is 19.0 Å². The third-order valence-electron chi connectivity index (χ3n) is 5.23. The number of anilines is 2. The Kier molecular flexibility index (Phi) is 7.52. The molecule has 3 aromatic carbocycles. The summed E-state index contributed by atoms with van der Waals surface area (Å²) < 4.78 is 7.35. The van der Waals surface area contributed by atoms with Crippen LogP contribution in [0, 0.1) is 6.92 Å². The zero-order valence-electron chi connectivity index (χ0n) is 19.7. The first kappa shape index (κ1) is 24.1. The molecule has 2 N–H and O–H groups in total. The molecule has 1 heterocycles. The molecule has 0 aliphatic carbocycles. The van der Waals surface area contributed by atoms with Crippen molar-refractivity contribution >= 4 is 35.0 Å². The molecule has 0 aliphatic heterocycles. The fourth-order valence-electron chi connectivity index (χ4n) is 3.51. The molecule has 0 spiro atoms. The summed E-state index contributed by atoms with van der Waals surface area (Å²) in [6, 6.07) is 23.0. The molecule has 0 saturated carbocycles. The van der Waals surface area contributed by atoms with E-state index >= 15 is 0 Å². The Bertz CT molecular complexity index is 1310. The van der Waals surface area contributed by atoms with Gasteiger partial charge in [-0.05, 0) is 55.5 Å². The van der Waals surface area contributed by atoms with Crippen LogP contribution in [0.2, 0.25) is 0 Å². The highest BCUT2D eigenvalue weighted by atomic mass is 32.2. The summed E-state index contributed by atoms with van der Waals surface area (Å²) in [5.74, 6) is 0.663. The Labute approximate surface area is 208 Å². The van der Waals surface area contributed by atoms with E-state index in [1.165, 1.54) is 24.2 Å². The van der Waals surface area contributed by atoms with Gasteiger partial charge in [0.2, 0.25) is 11.8 Å². The van der Waals surface area contributed by atoms with Gasteiger partial charge >= 0.3 is 0 Å². The van der Waals surface area contributed by atoms with E-state index in [4.69, 9.17) is 4.74 Å². The maximum absolute atomic E-state index is 12.6. The largest absolute Gasteiger partial charge is 0.497 e. The second-order valence-corrected chi connectivity index (χ2v) is 8.86. The molecule has 0 aliphatic rings. The Morgan fingerprint density at radius 1 is 0.914 bits per heavy atom. The van der Waals surface area contributed by atoms with Crippen LogP contribution >= 0.6 is 11.8 Å². The van der Waals surface area contributed by atoms with E-state index in [0.717, 1.165) is 22.7 Å². The van der Waals surface area contributed by atoms with Crippen LogP contribution in [-0.2, 0) is 9.59 Å². The number of imidazole rings is 1. The Hall–Kier alpha value is -4.04. The van der Waals surface area contributed by atoms with Crippen LogP contribution in [0.15, 0.2) is 84.1 Å². The second kappa shape index (κ2) is 10.9. The minimum Gasteiger partial charge on any atom is -0.497 e. The van der Waals surface area contributed by atoms with E-state index in [-0.39, 0.29) is 17.6 Å². The van der Waals surface area contributed by atoms with Crippen molar-refractivity contribution in [3.05, 3.63) is 84.6 Å². The minimum atomic E-state index is -0.150. The summed E-state index contributed by atoms with van der Waals surface area (Å²) in [6.45, 7) is 3.50. The van der Waals surface area contributed by atoms with Gasteiger partial charge in [0, 0.05) is 29.5 Å². The summed E-state index contributed by atoms with van der Waals surface area (Å²) in [5.41, 5.74) is 5.41. The number of benzene rings is 3. The van der Waals surface area contributed by atoms with Crippen LogP contribution < -0.4 is 15.4 Å². The molecule has 0 radical (unpaired) electrons. The fourth-order valence-corrected chi connectivity index (χ4v) is 4.31. The van der Waals surface area contributed by atoms with Gasteiger partial charge in [-0.15, -0.1) is 0 Å². The Morgan fingerprint density at radius 3 is 2.14 bits per heavy atom. The van der Waals surface area contributed by atoms with Crippen molar-refractivity contribution in [2.75, 3.05) is 23.5 Å². The van der Waals surface area contributed by atoms with Crippen LogP contribution in [0.4, 0.5) is 11.4 Å². The van der Waals surface area contributed by atoms with Crippen molar-refractivity contribution in [1.82, 2.24) is 9.55 Å². The molecule has 7 nitrogen and oxygen atoms in total. The van der Waals surface area contributed by atoms with Crippen LogP contribution in [0.1, 0.15) is 12.5 Å². The maximum Gasteiger partial charge on any atom is 0.234 e. The van der Waals surface area contributed by atoms with E-state index in [1.807, 2.05) is 35.0 Å². The third-order valence-corrected chi connectivity index (χ3v) is 6.18. The monoisotopic (exact) mass is 486 g/mol. The first-order chi connectivity index (χ1) is 16.9. The average Bonchev–Trinajstić information content (AvgIpc) is 3.28. The summed E-state index contributed by atoms with van der Waals surface area (Å²) in [4.78, 5) is 28.4. The minimum absolute atomic E-state index is 0.143. The standard InChI is InChI=1S/C27H26N4O3S/c1-18-4-6-20(7-5-18)25-16-28-27(31(25)23-12-14-24(34-3)15-13-23)35-17-26(33)30-22-10-8-21(9-11-22)29-19(2)32/h4-16H,17H2,1-3H3,(H,29,32)(H,30,33). The van der Waals surface area contributed by atoms with Crippen LogP contribution in [-0.4, -0.2) is 34.2 Å². The number of nitrogens with zero attached hydrogens (tertiary/aromatic N) is 2. The quantitative estimate of drug-likeness (QED) is 0.319. The second-order valence-electron chi connectivity index (χ2n) is 7.92. The number of hydrogen-bond donors (Lipinski definition) is 2. The summed E-state index contributed by atoms with van der Waals surface area (Å²) in [7, 11) is 1.64. The van der Waals surface area contributed by atoms with E-state index in [1.54, 1.807) is 31.4 Å². The van der Waals surface area contributed by atoms with Crippen molar-refractivity contribution in [1.29, 1.82) is 0 Å². The number of ether oxygens (including phenoxy) is 1. The number of aromatic nitrogens is 2. The molecule has 0 fully saturated rings. The maximum atomic E-state index is 12.6. The van der Waals surface area contributed by atoms with Gasteiger partial charge in [0.05, 0.1) is 24.8 Å². The van der Waals surface area contributed by atoms with E-state index in [0.29, 0.717) is 16.5 Å². The molecule has 8 heteroatoms. The lowest BCUT2D eigenvalue weighted by Gasteiger charge is -2.13. The van der Waals surface area contributed by atoms with Crippen LogP contribution in [0.25, 0.3) is 16.9 Å². The third kappa shape index (κ3) is 6.10. The number of carbonyl (C=O) groups is 2. The smallest absolute Gasteiger partial charge is 0.234 e. The van der Waals surface area contributed by atoms with E-state index in [2.05, 4.69) is 46.8 Å². The molecule has 4 rings (SSSR count). The van der Waals surface area contributed by atoms with E-state index < -0.39 is 0 Å². The van der Waals surface area contributed by atoms with Crippen molar-refractivity contribution in [2.24, 2.45) is 0 Å². The van der Waals surface area contributed by atoms with Gasteiger partial charge in [-0.2, -0.15) is 0 Å². The van der Waals surface area contributed by atoms with Gasteiger partial charge in [0.25, 0.3) is 0 Å². The Morgan fingerprint density at radius 2 is 1.54 bits per heavy atom. The van der Waals surface area contributed by atoms with Crippen molar-refractivity contribution < 1.29 is 14.3 Å². The lowest BCUT2D eigenvalue weighted by molar-refractivity contribution is -0.114. The molecule has 0 saturated heterocycles. The first-order valence-electron chi connectivity index (χ1n) is 11.0. The van der Waals surface area contributed by atoms with Gasteiger partial charge in [-0.1, -0.05) is 41.6 Å². The number of rotatable bonds is 8. The lowest BCUT2D eigenvalue weighted by atomic mass is 10.1. The zero-order valence-corrected chi connectivity index (χ0v) is 20.6. The van der Waals surface area contributed by atoms with Gasteiger partial charge in [-0.3, -0.25) is 14.2 Å². The highest BCUT2D eigenvalue weighted by Gasteiger charge is 2.16. The first-order valence-corrected chi connectivity index (χ1v) is 12.0. The van der Waals surface area contributed by atoms with Gasteiger partial charge in [-0.25, -0.2) is 4.98 Å². The predicted molar refractivity (Wildman–Crippen MR) is 140 cm³/mol. The Balaban J connectivity index is 1.53. The highest BCUT2D eigenvalue weighted by molar-refractivity contribution is 7.99. The van der Waals surface area contributed by atoms with Crippen molar-refractivity contribution in [3.63, 3.8) is 0 Å². The number of methoxy groups -OCH3 is 1. The number of carbonyl (C=O) groups excluding carboxylic acids is 2. The molecule has 0 atom stereocenters. The fraction of sp³-hybridized carbons (Fsp3) is 0.148. The summed E-state index contributed by atoms with van der Waals surface area (Å²) in [5, 5.41) is 6.30. The summed E-state index contributed by atoms with van der Waals surface area (Å²) >= 11 is 1.36. The summed E-state index contributed by atoms with van der Waals surface area (Å²) in [6.07, 6.45) is 1.83. The number of thioether (sulfide) groups is 1. The number of nitrogens with one attached hydrogen (secondary N) is 2. The molecule has 178 valence electrons. The molecule has 35 heavy (non-hydrogen) atoms. The van der Waals surface area contributed by atoms with Crippen LogP contribution in [0.5, 0.6) is 5.75 Å². The zero-order chi connectivity index (χ0) is 24.8. The molecule has 1 aromatic heterocycles. The molecule has 4 aromatic rings. The molecular formula is C27H26N4O3S. The number of hydrogen-bond acceptors (Lipinski definition) is 5. The van der Waals surface area contributed by atoms with E-state index in [9.17, 15) is 9.59 Å².